The van der Waals surface area contributed by atoms with Crippen LogP contribution in [0.3, 0.4) is 0 Å². The number of nitrogens with two attached hydrogens (primary N) is 1. The molecule has 0 radical (unpaired) electrons. The third-order valence-electron chi connectivity index (χ3n) is 5.61. The number of carboxylic acids is 1. The maximum Gasteiger partial charge on any atom is 0.303 e. The monoisotopic (exact) mass is 414 g/mol. The lowest BCUT2D eigenvalue weighted by Gasteiger charge is -2.35. The predicted octanol–water partition coefficient (Wildman–Crippen LogP) is 4.28. The zero-order valence-corrected chi connectivity index (χ0v) is 19.5. The lowest BCUT2D eigenvalue weighted by molar-refractivity contribution is -0.899. The van der Waals surface area contributed by atoms with Crippen LogP contribution in [-0.4, -0.2) is 55.3 Å². The Balaban J connectivity index is 3.77. The molecular formula is C23H48N3O3+. The highest BCUT2D eigenvalue weighted by Gasteiger charge is 2.32. The first-order valence-electron chi connectivity index (χ1n) is 11.7. The number of unbranched alkanes of at least 4 members (excludes halogenated alkanes) is 11. The molecule has 0 saturated carbocycles. The number of nitrogens with one attached hydrogen (secondary N) is 1. The number of hydrogen-bond donors (Lipinski definition) is 3. The highest BCUT2D eigenvalue weighted by Crippen LogP contribution is 2.18. The molecule has 2 unspecified atom stereocenters. The molecule has 0 saturated heterocycles. The summed E-state index contributed by atoms with van der Waals surface area (Å²) in [7, 11) is 5.76. The largest absolute Gasteiger partial charge is 0.481 e. The number of carboxylic acid groups (broad SMARTS) is 1. The van der Waals surface area contributed by atoms with E-state index in [1.165, 1.54) is 64.2 Å². The molecule has 0 spiro atoms. The number of nitrogens with zero attached hydrogens (tertiary/aromatic N) is 1. The van der Waals surface area contributed by atoms with E-state index in [0.29, 0.717) is 11.0 Å². The van der Waals surface area contributed by atoms with E-state index >= 15 is 0 Å². The van der Waals surface area contributed by atoms with Crippen LogP contribution >= 0.6 is 0 Å². The van der Waals surface area contributed by atoms with Crippen molar-refractivity contribution < 1.29 is 19.2 Å². The van der Waals surface area contributed by atoms with Crippen molar-refractivity contribution in [3.05, 3.63) is 0 Å². The standard InChI is InChI=1S/C23H47N3O3/c1-5-6-7-8-9-10-11-12-13-14-15-16-17-25-21(27)18-20(19-22(28)29)23(24)26(2,3)4/h20,23H,5-19,24H2,1-4H3,(H-,25,27,28,29)/p+1. The normalized spacial score (nSPS) is 13.8. The zero-order valence-electron chi connectivity index (χ0n) is 19.5. The van der Waals surface area contributed by atoms with Crippen molar-refractivity contribution in [3.63, 3.8) is 0 Å². The third kappa shape index (κ3) is 16.4. The molecule has 0 aromatic heterocycles. The molecule has 0 fully saturated rings. The Labute approximate surface area is 179 Å². The van der Waals surface area contributed by atoms with Gasteiger partial charge < -0.3 is 14.9 Å². The van der Waals surface area contributed by atoms with Gasteiger partial charge in [0.2, 0.25) is 5.91 Å². The van der Waals surface area contributed by atoms with E-state index in [-0.39, 0.29) is 30.8 Å². The van der Waals surface area contributed by atoms with Crippen LogP contribution in [0.5, 0.6) is 0 Å². The summed E-state index contributed by atoms with van der Waals surface area (Å²) in [6.45, 7) is 2.92. The summed E-state index contributed by atoms with van der Waals surface area (Å²) in [5, 5.41) is 12.0. The lowest BCUT2D eigenvalue weighted by Crippen LogP contribution is -2.56. The van der Waals surface area contributed by atoms with Crippen molar-refractivity contribution in [1.82, 2.24) is 5.32 Å². The summed E-state index contributed by atoms with van der Waals surface area (Å²) in [4.78, 5) is 23.3. The van der Waals surface area contributed by atoms with E-state index < -0.39 is 5.97 Å². The second-order valence-electron chi connectivity index (χ2n) is 9.41. The molecule has 2 atom stereocenters. The molecular weight excluding hydrogens is 366 g/mol. The van der Waals surface area contributed by atoms with Crippen molar-refractivity contribution in [2.45, 2.75) is 103 Å². The van der Waals surface area contributed by atoms with Crippen molar-refractivity contribution >= 4 is 11.9 Å². The van der Waals surface area contributed by atoms with Gasteiger partial charge in [-0.05, 0) is 6.42 Å². The SMILES string of the molecule is CCCCCCCCCCCCCCNC(=O)CC(CC(=O)O)C(N)[N+](C)(C)C. The fourth-order valence-electron chi connectivity index (χ4n) is 3.67. The number of rotatable bonds is 19. The van der Waals surface area contributed by atoms with Gasteiger partial charge in [-0.2, -0.15) is 0 Å². The molecule has 0 bridgehead atoms. The summed E-state index contributed by atoms with van der Waals surface area (Å²) in [5.74, 6) is -1.37. The van der Waals surface area contributed by atoms with Crippen LogP contribution in [0.2, 0.25) is 0 Å². The second-order valence-corrected chi connectivity index (χ2v) is 9.41. The van der Waals surface area contributed by atoms with Crippen LogP contribution in [0.1, 0.15) is 96.8 Å². The first-order chi connectivity index (χ1) is 13.7. The van der Waals surface area contributed by atoms with E-state index in [0.717, 1.165) is 12.8 Å². The van der Waals surface area contributed by atoms with Crippen LogP contribution < -0.4 is 11.1 Å². The van der Waals surface area contributed by atoms with Gasteiger partial charge in [0.25, 0.3) is 0 Å². The summed E-state index contributed by atoms with van der Waals surface area (Å²) in [6.07, 6.45) is 15.2. The molecule has 29 heavy (non-hydrogen) atoms. The van der Waals surface area contributed by atoms with Crippen molar-refractivity contribution in [2.24, 2.45) is 11.7 Å². The molecule has 0 aromatic rings. The van der Waals surface area contributed by atoms with Crippen molar-refractivity contribution in [1.29, 1.82) is 0 Å². The summed E-state index contributed by atoms with van der Waals surface area (Å²) < 4.78 is 0.434. The third-order valence-corrected chi connectivity index (χ3v) is 5.61. The molecule has 6 nitrogen and oxygen atoms in total. The number of aliphatic carboxylic acids is 1. The first-order valence-corrected chi connectivity index (χ1v) is 11.7. The highest BCUT2D eigenvalue weighted by molar-refractivity contribution is 5.77. The minimum absolute atomic E-state index is 0.0806. The average molecular weight is 415 g/mol. The van der Waals surface area contributed by atoms with Gasteiger partial charge in [-0.25, -0.2) is 0 Å². The van der Waals surface area contributed by atoms with E-state index in [4.69, 9.17) is 10.8 Å². The maximum absolute atomic E-state index is 12.2. The maximum atomic E-state index is 12.2. The van der Waals surface area contributed by atoms with Gasteiger partial charge in [-0.15, -0.1) is 0 Å². The molecule has 0 aliphatic heterocycles. The lowest BCUT2D eigenvalue weighted by atomic mass is 9.96. The van der Waals surface area contributed by atoms with Crippen LogP contribution in [0.15, 0.2) is 0 Å². The molecule has 0 aromatic carbocycles. The molecule has 0 rings (SSSR count). The van der Waals surface area contributed by atoms with Crippen molar-refractivity contribution in [2.75, 3.05) is 27.7 Å². The minimum atomic E-state index is -0.910. The van der Waals surface area contributed by atoms with Gasteiger partial charge >= 0.3 is 5.97 Å². The molecule has 0 aliphatic carbocycles. The van der Waals surface area contributed by atoms with Crippen LogP contribution in [0, 0.1) is 5.92 Å². The first kappa shape index (κ1) is 27.9. The number of amides is 1. The van der Waals surface area contributed by atoms with Gasteiger partial charge in [0.05, 0.1) is 27.6 Å². The Morgan fingerprint density at radius 3 is 1.69 bits per heavy atom. The summed E-state index contributed by atoms with van der Waals surface area (Å²) in [5.41, 5.74) is 6.20. The van der Waals surface area contributed by atoms with Gasteiger partial charge in [0.1, 0.15) is 6.17 Å². The molecule has 1 amide bonds. The zero-order chi connectivity index (χ0) is 22.1. The fraction of sp³-hybridized carbons (Fsp3) is 0.913. The number of hydrogen-bond acceptors (Lipinski definition) is 3. The van der Waals surface area contributed by atoms with E-state index in [1.807, 2.05) is 21.1 Å². The van der Waals surface area contributed by atoms with E-state index in [1.54, 1.807) is 0 Å². The van der Waals surface area contributed by atoms with Crippen LogP contribution in [-0.2, 0) is 9.59 Å². The highest BCUT2D eigenvalue weighted by atomic mass is 16.4. The Hall–Kier alpha value is -1.14. The van der Waals surface area contributed by atoms with Crippen LogP contribution in [0.25, 0.3) is 0 Å². The smallest absolute Gasteiger partial charge is 0.303 e. The Bertz CT molecular complexity index is 436. The Morgan fingerprint density at radius 1 is 0.828 bits per heavy atom. The van der Waals surface area contributed by atoms with Gasteiger partial charge in [-0.1, -0.05) is 77.6 Å². The van der Waals surface area contributed by atoms with Crippen molar-refractivity contribution in [3.8, 4) is 0 Å². The van der Waals surface area contributed by atoms with E-state index in [9.17, 15) is 9.59 Å². The summed E-state index contributed by atoms with van der Waals surface area (Å²) in [6, 6.07) is 0. The molecule has 0 heterocycles. The Kier molecular flexibility index (Phi) is 16.0. The Morgan fingerprint density at radius 2 is 1.28 bits per heavy atom. The van der Waals surface area contributed by atoms with Gasteiger partial charge in [-0.3, -0.25) is 15.3 Å². The summed E-state index contributed by atoms with van der Waals surface area (Å²) >= 11 is 0. The molecule has 6 heteroatoms. The van der Waals surface area contributed by atoms with Gasteiger partial charge in [0.15, 0.2) is 0 Å². The second kappa shape index (κ2) is 16.6. The number of quaternary nitrogens is 1. The quantitative estimate of drug-likeness (QED) is 0.167. The number of carbonyl (C=O) groups is 2. The van der Waals surface area contributed by atoms with Crippen LogP contribution in [0.4, 0.5) is 0 Å². The average Bonchev–Trinajstić information content (AvgIpc) is 2.63. The molecule has 4 N–H and O–H groups in total. The predicted molar refractivity (Wildman–Crippen MR) is 120 cm³/mol. The molecule has 0 aliphatic rings. The minimum Gasteiger partial charge on any atom is -0.481 e. The number of carbonyl (C=O) groups excluding carboxylic acids is 1. The van der Waals surface area contributed by atoms with Gasteiger partial charge in [0, 0.05) is 18.9 Å². The van der Waals surface area contributed by atoms with E-state index in [2.05, 4.69) is 12.2 Å². The fourth-order valence-corrected chi connectivity index (χ4v) is 3.67. The topological polar surface area (TPSA) is 92.4 Å². The molecule has 172 valence electrons.